The summed E-state index contributed by atoms with van der Waals surface area (Å²) in [4.78, 5) is 2.10. The molecule has 2 N–H and O–H groups in total. The second kappa shape index (κ2) is 5.98. The Hall–Kier alpha value is -2.67. The first kappa shape index (κ1) is 13.8. The summed E-state index contributed by atoms with van der Waals surface area (Å²) in [5, 5.41) is 8.79. The zero-order valence-corrected chi connectivity index (χ0v) is 11.6. The van der Waals surface area contributed by atoms with Crippen LogP contribution < -0.4 is 15.4 Å². The van der Waals surface area contributed by atoms with Crippen molar-refractivity contribution in [3.8, 4) is 11.8 Å². The lowest BCUT2D eigenvalue weighted by Gasteiger charge is -2.20. The van der Waals surface area contributed by atoms with Crippen molar-refractivity contribution in [2.45, 2.75) is 6.54 Å². The van der Waals surface area contributed by atoms with Crippen LogP contribution in [0.1, 0.15) is 11.1 Å². The van der Waals surface area contributed by atoms with Gasteiger partial charge in [0.25, 0.3) is 0 Å². The van der Waals surface area contributed by atoms with Gasteiger partial charge in [0.15, 0.2) is 0 Å². The lowest BCUT2D eigenvalue weighted by Crippen LogP contribution is -2.16. The van der Waals surface area contributed by atoms with Crippen LogP contribution in [0.2, 0.25) is 0 Å². The second-order valence-electron chi connectivity index (χ2n) is 4.59. The van der Waals surface area contributed by atoms with Gasteiger partial charge in [-0.2, -0.15) is 5.26 Å². The van der Waals surface area contributed by atoms with Crippen LogP contribution in [0.3, 0.4) is 0 Å². The van der Waals surface area contributed by atoms with E-state index >= 15 is 0 Å². The maximum atomic E-state index is 8.79. The zero-order valence-electron chi connectivity index (χ0n) is 11.6. The number of hydrogen-bond acceptors (Lipinski definition) is 4. The third-order valence-corrected chi connectivity index (χ3v) is 3.15. The Morgan fingerprint density at radius 3 is 2.45 bits per heavy atom. The molecule has 20 heavy (non-hydrogen) atoms. The number of hydrogen-bond donors (Lipinski definition) is 1. The van der Waals surface area contributed by atoms with Crippen LogP contribution in [0, 0.1) is 11.3 Å². The molecule has 0 radical (unpaired) electrons. The number of nitriles is 1. The summed E-state index contributed by atoms with van der Waals surface area (Å²) in [5.41, 5.74) is 9.37. The number of anilines is 2. The molecule has 0 spiro atoms. The summed E-state index contributed by atoms with van der Waals surface area (Å²) in [6.07, 6.45) is 0. The molecule has 0 aliphatic heterocycles. The van der Waals surface area contributed by atoms with E-state index in [-0.39, 0.29) is 0 Å². The summed E-state index contributed by atoms with van der Waals surface area (Å²) in [5.74, 6) is 0.690. The van der Waals surface area contributed by atoms with Gasteiger partial charge in [0, 0.05) is 19.3 Å². The molecule has 4 nitrogen and oxygen atoms in total. The fraction of sp³-hybridized carbons (Fsp3) is 0.188. The number of benzene rings is 2. The summed E-state index contributed by atoms with van der Waals surface area (Å²) in [7, 11) is 3.61. The SMILES string of the molecule is COc1ccc(CN(C)c2ccc(C#N)cc2)cc1N. The average molecular weight is 267 g/mol. The molecule has 0 atom stereocenters. The predicted molar refractivity (Wildman–Crippen MR) is 80.7 cm³/mol. The van der Waals surface area contributed by atoms with E-state index in [2.05, 4.69) is 11.0 Å². The number of rotatable bonds is 4. The van der Waals surface area contributed by atoms with Crippen LogP contribution >= 0.6 is 0 Å². The van der Waals surface area contributed by atoms with Crippen molar-refractivity contribution < 1.29 is 4.74 Å². The molecule has 0 amide bonds. The van der Waals surface area contributed by atoms with Crippen molar-refractivity contribution in [2.75, 3.05) is 24.8 Å². The molecule has 0 heterocycles. The maximum absolute atomic E-state index is 8.79. The van der Waals surface area contributed by atoms with Gasteiger partial charge in [-0.15, -0.1) is 0 Å². The van der Waals surface area contributed by atoms with E-state index in [0.29, 0.717) is 17.0 Å². The number of nitrogens with two attached hydrogens (primary N) is 1. The minimum absolute atomic E-state index is 0.637. The molecule has 2 aromatic rings. The first-order valence-electron chi connectivity index (χ1n) is 6.27. The molecule has 0 bridgehead atoms. The molecule has 0 unspecified atom stereocenters. The third kappa shape index (κ3) is 3.01. The van der Waals surface area contributed by atoms with E-state index in [1.807, 2.05) is 49.5 Å². The Morgan fingerprint density at radius 2 is 1.90 bits per heavy atom. The van der Waals surface area contributed by atoms with Gasteiger partial charge in [-0.25, -0.2) is 0 Å². The van der Waals surface area contributed by atoms with Crippen molar-refractivity contribution in [3.63, 3.8) is 0 Å². The highest BCUT2D eigenvalue weighted by Crippen LogP contribution is 2.23. The fourth-order valence-corrected chi connectivity index (χ4v) is 2.04. The average Bonchev–Trinajstić information content (AvgIpc) is 2.47. The predicted octanol–water partition coefficient (Wildman–Crippen LogP) is 2.79. The molecule has 4 heteroatoms. The highest BCUT2D eigenvalue weighted by Gasteiger charge is 2.05. The number of methoxy groups -OCH3 is 1. The van der Waals surface area contributed by atoms with Gasteiger partial charge in [-0.1, -0.05) is 6.07 Å². The molecule has 0 fully saturated rings. The fourth-order valence-electron chi connectivity index (χ4n) is 2.04. The Labute approximate surface area is 119 Å². The second-order valence-corrected chi connectivity index (χ2v) is 4.59. The van der Waals surface area contributed by atoms with E-state index < -0.39 is 0 Å². The molecule has 0 aromatic heterocycles. The van der Waals surface area contributed by atoms with Crippen LogP contribution in [0.4, 0.5) is 11.4 Å². The van der Waals surface area contributed by atoms with Crippen molar-refractivity contribution >= 4 is 11.4 Å². The lowest BCUT2D eigenvalue weighted by molar-refractivity contribution is 0.417. The summed E-state index contributed by atoms with van der Waals surface area (Å²) < 4.78 is 5.15. The van der Waals surface area contributed by atoms with Gasteiger partial charge >= 0.3 is 0 Å². The van der Waals surface area contributed by atoms with Crippen molar-refractivity contribution in [2.24, 2.45) is 0 Å². The van der Waals surface area contributed by atoms with Gasteiger partial charge in [-0.05, 0) is 42.0 Å². The van der Waals surface area contributed by atoms with Crippen molar-refractivity contribution in [1.82, 2.24) is 0 Å². The van der Waals surface area contributed by atoms with Gasteiger partial charge in [0.1, 0.15) is 5.75 Å². The molecule has 0 saturated heterocycles. The first-order valence-corrected chi connectivity index (χ1v) is 6.27. The Kier molecular flexibility index (Phi) is 4.11. The summed E-state index contributed by atoms with van der Waals surface area (Å²) in [6.45, 7) is 0.736. The van der Waals surface area contributed by atoms with Gasteiger partial charge in [0.2, 0.25) is 0 Å². The van der Waals surface area contributed by atoms with Gasteiger partial charge < -0.3 is 15.4 Å². The number of nitrogen functional groups attached to an aromatic ring is 1. The first-order chi connectivity index (χ1) is 9.63. The molecular formula is C16H17N3O. The minimum Gasteiger partial charge on any atom is -0.495 e. The van der Waals surface area contributed by atoms with Gasteiger partial charge in [-0.3, -0.25) is 0 Å². The van der Waals surface area contributed by atoms with E-state index in [1.54, 1.807) is 7.11 Å². The van der Waals surface area contributed by atoms with E-state index in [1.165, 1.54) is 0 Å². The minimum atomic E-state index is 0.637. The molecule has 0 saturated carbocycles. The molecule has 2 aromatic carbocycles. The van der Waals surface area contributed by atoms with E-state index in [0.717, 1.165) is 17.8 Å². The zero-order chi connectivity index (χ0) is 14.5. The highest BCUT2D eigenvalue weighted by molar-refractivity contribution is 5.55. The smallest absolute Gasteiger partial charge is 0.141 e. The van der Waals surface area contributed by atoms with Crippen LogP contribution in [0.5, 0.6) is 5.75 Å². The Morgan fingerprint density at radius 1 is 1.20 bits per heavy atom. The van der Waals surface area contributed by atoms with Crippen LogP contribution in [0.15, 0.2) is 42.5 Å². The summed E-state index contributed by atoms with van der Waals surface area (Å²) in [6, 6.07) is 15.4. The maximum Gasteiger partial charge on any atom is 0.141 e. The normalized spacial score (nSPS) is 9.85. The van der Waals surface area contributed by atoms with Crippen LogP contribution in [-0.4, -0.2) is 14.2 Å². The molecular weight excluding hydrogens is 250 g/mol. The standard InChI is InChI=1S/C16H17N3O/c1-19(14-6-3-12(10-17)4-7-14)11-13-5-8-16(20-2)15(18)9-13/h3-9H,11,18H2,1-2H3. The molecule has 0 aliphatic carbocycles. The quantitative estimate of drug-likeness (QED) is 0.865. The Balaban J connectivity index is 2.12. The van der Waals surface area contributed by atoms with Crippen LogP contribution in [0.25, 0.3) is 0 Å². The van der Waals surface area contributed by atoms with Crippen molar-refractivity contribution in [3.05, 3.63) is 53.6 Å². The molecule has 2 rings (SSSR count). The lowest BCUT2D eigenvalue weighted by atomic mass is 10.1. The molecule has 102 valence electrons. The largest absolute Gasteiger partial charge is 0.495 e. The van der Waals surface area contributed by atoms with Crippen molar-refractivity contribution in [1.29, 1.82) is 5.26 Å². The monoisotopic (exact) mass is 267 g/mol. The van der Waals surface area contributed by atoms with E-state index in [4.69, 9.17) is 15.7 Å². The topological polar surface area (TPSA) is 62.3 Å². The Bertz CT molecular complexity index is 629. The number of ether oxygens (including phenoxy) is 1. The summed E-state index contributed by atoms with van der Waals surface area (Å²) >= 11 is 0. The van der Waals surface area contributed by atoms with Gasteiger partial charge in [0.05, 0.1) is 24.4 Å². The number of nitrogens with zero attached hydrogens (tertiary/aromatic N) is 2. The van der Waals surface area contributed by atoms with Crippen LogP contribution in [-0.2, 0) is 6.54 Å². The highest BCUT2D eigenvalue weighted by atomic mass is 16.5. The van der Waals surface area contributed by atoms with E-state index in [9.17, 15) is 0 Å². The third-order valence-electron chi connectivity index (χ3n) is 3.15. The molecule has 0 aliphatic rings.